The maximum Gasteiger partial charge on any atom is 0.119 e. The van der Waals surface area contributed by atoms with E-state index in [-0.39, 0.29) is 0 Å². The van der Waals surface area contributed by atoms with Gasteiger partial charge in [0, 0.05) is 18.5 Å². The molecule has 1 N–H and O–H groups in total. The summed E-state index contributed by atoms with van der Waals surface area (Å²) in [5.41, 5.74) is 4.92. The number of methoxy groups -OCH3 is 1. The Labute approximate surface area is 136 Å². The van der Waals surface area contributed by atoms with Gasteiger partial charge in [0.1, 0.15) is 18.4 Å². The number of benzene rings is 1. The lowest BCUT2D eigenvalue weighted by Crippen LogP contribution is -2.05. The monoisotopic (exact) mass is 311 g/mol. The molecule has 2 rings (SSSR count). The molecule has 0 amide bonds. The zero-order valence-corrected chi connectivity index (χ0v) is 13.9. The molecule has 23 heavy (non-hydrogen) atoms. The largest absolute Gasteiger partial charge is 0.491 e. The lowest BCUT2D eigenvalue weighted by atomic mass is 10.1. The highest BCUT2D eigenvalue weighted by atomic mass is 16.5. The molecule has 1 aromatic heterocycles. The minimum absolute atomic E-state index is 0.518. The first-order chi connectivity index (χ1) is 11.0. The minimum atomic E-state index is 0.518. The van der Waals surface area contributed by atoms with Crippen LogP contribution in [0.15, 0.2) is 24.3 Å². The lowest BCUT2D eigenvalue weighted by molar-refractivity contribution is 0.146. The van der Waals surface area contributed by atoms with E-state index in [1.165, 1.54) is 0 Å². The van der Waals surface area contributed by atoms with Crippen LogP contribution in [0.5, 0.6) is 5.75 Å². The molecular formula is C18H21N3O2. The Kier molecular flexibility index (Phi) is 5.56. The first kappa shape index (κ1) is 16.8. The highest BCUT2D eigenvalue weighted by molar-refractivity contribution is 5.70. The summed E-state index contributed by atoms with van der Waals surface area (Å²) < 4.78 is 10.6. The second-order valence-corrected chi connectivity index (χ2v) is 5.33. The van der Waals surface area contributed by atoms with Crippen LogP contribution in [0.1, 0.15) is 22.5 Å². The van der Waals surface area contributed by atoms with Gasteiger partial charge in [0.05, 0.1) is 23.6 Å². The van der Waals surface area contributed by atoms with Crippen LogP contribution in [0.25, 0.3) is 0 Å². The standard InChI is InChI=1S/C18H21N3O2/c1-12-9-15(23-8-7-22-4)5-6-17(12)21-18-10-13(2)20-14(3)16(18)11-19/h5-6,9-10H,7-8H2,1-4H3,(H,20,21). The third-order valence-electron chi connectivity index (χ3n) is 3.46. The molecule has 0 spiro atoms. The van der Waals surface area contributed by atoms with Crippen LogP contribution in [0, 0.1) is 32.1 Å². The first-order valence-electron chi connectivity index (χ1n) is 7.43. The lowest BCUT2D eigenvalue weighted by Gasteiger charge is -2.14. The second-order valence-electron chi connectivity index (χ2n) is 5.33. The van der Waals surface area contributed by atoms with E-state index in [4.69, 9.17) is 9.47 Å². The van der Waals surface area contributed by atoms with Crippen LogP contribution >= 0.6 is 0 Å². The summed E-state index contributed by atoms with van der Waals surface area (Å²) in [5, 5.41) is 12.7. The number of nitriles is 1. The summed E-state index contributed by atoms with van der Waals surface area (Å²) in [6.45, 7) is 6.83. The molecule has 0 aliphatic rings. The van der Waals surface area contributed by atoms with Crippen LogP contribution in [0.4, 0.5) is 11.4 Å². The highest BCUT2D eigenvalue weighted by Gasteiger charge is 2.10. The molecule has 0 bridgehead atoms. The predicted octanol–water partition coefficient (Wildman–Crippen LogP) is 3.65. The minimum Gasteiger partial charge on any atom is -0.491 e. The highest BCUT2D eigenvalue weighted by Crippen LogP contribution is 2.27. The van der Waals surface area contributed by atoms with Crippen molar-refractivity contribution in [1.29, 1.82) is 5.26 Å². The Morgan fingerprint density at radius 2 is 1.91 bits per heavy atom. The van der Waals surface area contributed by atoms with Gasteiger partial charge in [-0.1, -0.05) is 0 Å². The Morgan fingerprint density at radius 3 is 2.57 bits per heavy atom. The molecule has 0 fully saturated rings. The van der Waals surface area contributed by atoms with E-state index in [1.807, 2.05) is 45.0 Å². The van der Waals surface area contributed by atoms with Crippen LogP contribution < -0.4 is 10.1 Å². The number of ether oxygens (including phenoxy) is 2. The van der Waals surface area contributed by atoms with Gasteiger partial charge >= 0.3 is 0 Å². The van der Waals surface area contributed by atoms with Crippen LogP contribution in [-0.4, -0.2) is 25.3 Å². The Hall–Kier alpha value is -2.58. The number of hydrogen-bond donors (Lipinski definition) is 1. The number of hydrogen-bond acceptors (Lipinski definition) is 5. The Morgan fingerprint density at radius 1 is 1.13 bits per heavy atom. The molecule has 1 aromatic carbocycles. The number of nitrogens with zero attached hydrogens (tertiary/aromatic N) is 2. The van der Waals surface area contributed by atoms with Gasteiger partial charge in [-0.3, -0.25) is 4.98 Å². The molecule has 0 saturated carbocycles. The van der Waals surface area contributed by atoms with Crippen molar-refractivity contribution >= 4 is 11.4 Å². The molecular weight excluding hydrogens is 290 g/mol. The number of anilines is 2. The van der Waals surface area contributed by atoms with Gasteiger partial charge < -0.3 is 14.8 Å². The van der Waals surface area contributed by atoms with Gasteiger partial charge in [0.25, 0.3) is 0 Å². The van der Waals surface area contributed by atoms with Crippen LogP contribution in [0.3, 0.4) is 0 Å². The number of aromatic nitrogens is 1. The summed E-state index contributed by atoms with van der Waals surface area (Å²) in [6, 6.07) is 9.91. The topological polar surface area (TPSA) is 67.2 Å². The van der Waals surface area contributed by atoms with Crippen LogP contribution in [-0.2, 0) is 4.74 Å². The smallest absolute Gasteiger partial charge is 0.119 e. The zero-order chi connectivity index (χ0) is 16.8. The van der Waals surface area contributed by atoms with Crippen molar-refractivity contribution in [2.75, 3.05) is 25.6 Å². The Bertz CT molecular complexity index is 736. The van der Waals surface area contributed by atoms with Crippen LogP contribution in [0.2, 0.25) is 0 Å². The summed E-state index contributed by atoms with van der Waals surface area (Å²) in [5.74, 6) is 0.799. The quantitative estimate of drug-likeness (QED) is 0.825. The zero-order valence-electron chi connectivity index (χ0n) is 13.9. The summed E-state index contributed by atoms with van der Waals surface area (Å²) in [7, 11) is 1.65. The first-order valence-corrected chi connectivity index (χ1v) is 7.43. The van der Waals surface area contributed by atoms with Gasteiger partial charge in [0.15, 0.2) is 0 Å². The van der Waals surface area contributed by atoms with Crippen molar-refractivity contribution in [2.24, 2.45) is 0 Å². The van der Waals surface area contributed by atoms with Gasteiger partial charge in [-0.2, -0.15) is 5.26 Å². The van der Waals surface area contributed by atoms with Gasteiger partial charge in [-0.05, 0) is 50.6 Å². The summed E-state index contributed by atoms with van der Waals surface area (Å²) >= 11 is 0. The molecule has 0 aliphatic heterocycles. The van der Waals surface area contributed by atoms with Gasteiger partial charge in [-0.25, -0.2) is 0 Å². The maximum atomic E-state index is 9.34. The number of nitrogens with one attached hydrogen (secondary N) is 1. The Balaban J connectivity index is 2.23. The third-order valence-corrected chi connectivity index (χ3v) is 3.46. The predicted molar refractivity (Wildman–Crippen MR) is 90.3 cm³/mol. The number of aryl methyl sites for hydroxylation is 3. The maximum absolute atomic E-state index is 9.34. The number of pyridine rings is 1. The van der Waals surface area contributed by atoms with Crippen molar-refractivity contribution in [3.63, 3.8) is 0 Å². The fourth-order valence-electron chi connectivity index (χ4n) is 2.32. The van der Waals surface area contributed by atoms with Crippen molar-refractivity contribution in [3.05, 3.63) is 46.8 Å². The SMILES string of the molecule is COCCOc1ccc(Nc2cc(C)nc(C)c2C#N)c(C)c1. The molecule has 1 heterocycles. The third kappa shape index (κ3) is 4.21. The van der Waals surface area contributed by atoms with E-state index in [0.29, 0.717) is 18.8 Å². The van der Waals surface area contributed by atoms with E-state index >= 15 is 0 Å². The van der Waals surface area contributed by atoms with Crippen molar-refractivity contribution in [2.45, 2.75) is 20.8 Å². The average Bonchev–Trinajstić information content (AvgIpc) is 2.50. The molecule has 120 valence electrons. The molecule has 0 unspecified atom stereocenters. The van der Waals surface area contributed by atoms with Crippen molar-refractivity contribution < 1.29 is 9.47 Å². The summed E-state index contributed by atoms with van der Waals surface area (Å²) in [4.78, 5) is 4.33. The normalized spacial score (nSPS) is 10.2. The van der Waals surface area contributed by atoms with Crippen molar-refractivity contribution in [3.8, 4) is 11.8 Å². The summed E-state index contributed by atoms with van der Waals surface area (Å²) in [6.07, 6.45) is 0. The van der Waals surface area contributed by atoms with E-state index < -0.39 is 0 Å². The molecule has 0 saturated heterocycles. The molecule has 5 heteroatoms. The van der Waals surface area contributed by atoms with E-state index in [0.717, 1.165) is 34.1 Å². The molecule has 5 nitrogen and oxygen atoms in total. The second kappa shape index (κ2) is 7.61. The molecule has 0 aliphatic carbocycles. The van der Waals surface area contributed by atoms with Gasteiger partial charge in [-0.15, -0.1) is 0 Å². The molecule has 2 aromatic rings. The van der Waals surface area contributed by atoms with E-state index in [9.17, 15) is 5.26 Å². The van der Waals surface area contributed by atoms with E-state index in [2.05, 4.69) is 16.4 Å². The van der Waals surface area contributed by atoms with E-state index in [1.54, 1.807) is 7.11 Å². The average molecular weight is 311 g/mol. The fraction of sp³-hybridized carbons (Fsp3) is 0.333. The fourth-order valence-corrected chi connectivity index (χ4v) is 2.32. The molecule has 0 radical (unpaired) electrons. The number of rotatable bonds is 6. The van der Waals surface area contributed by atoms with Crippen molar-refractivity contribution in [1.82, 2.24) is 4.98 Å². The molecule has 0 atom stereocenters. The van der Waals surface area contributed by atoms with Gasteiger partial charge in [0.2, 0.25) is 0 Å².